The van der Waals surface area contributed by atoms with Crippen LogP contribution in [0.15, 0.2) is 91.0 Å². The molecule has 0 aliphatic heterocycles. The molecule has 0 saturated carbocycles. The number of phenols is 1. The number of phenolic OH excluding ortho intramolecular Hbond substituents is 1. The lowest BCUT2D eigenvalue weighted by molar-refractivity contribution is -0.143. The van der Waals surface area contributed by atoms with Gasteiger partial charge in [-0.2, -0.15) is 26.3 Å². The maximum absolute atomic E-state index is 13.1. The number of aromatic hydroxyl groups is 1. The molecule has 4 rings (SSSR count). The number of nitrogens with one attached hydrogen (secondary N) is 1. The lowest BCUT2D eigenvalue weighted by Gasteiger charge is -2.18. The fourth-order valence-electron chi connectivity index (χ4n) is 4.24. The van der Waals surface area contributed by atoms with E-state index in [-0.39, 0.29) is 12.0 Å². The van der Waals surface area contributed by atoms with Gasteiger partial charge in [0.25, 0.3) is 5.91 Å². The average molecular weight is 588 g/mol. The molecule has 0 saturated heterocycles. The number of hydrogen-bond acceptors (Lipinski definition) is 4. The highest BCUT2D eigenvalue weighted by atomic mass is 19.4. The molecule has 0 aromatic heterocycles. The van der Waals surface area contributed by atoms with Crippen LogP contribution in [-0.2, 0) is 28.3 Å². The van der Waals surface area contributed by atoms with Gasteiger partial charge in [0.1, 0.15) is 11.8 Å². The smallest absolute Gasteiger partial charge is 0.416 e. The van der Waals surface area contributed by atoms with Crippen molar-refractivity contribution in [2.75, 3.05) is 7.11 Å². The van der Waals surface area contributed by atoms with E-state index < -0.39 is 47.1 Å². The van der Waals surface area contributed by atoms with Crippen molar-refractivity contribution in [3.63, 3.8) is 0 Å². The Morgan fingerprint density at radius 3 is 1.60 bits per heavy atom. The Labute approximate surface area is 236 Å². The molecule has 0 aliphatic carbocycles. The van der Waals surface area contributed by atoms with E-state index in [1.807, 2.05) is 0 Å². The molecule has 42 heavy (non-hydrogen) atoms. The standard InChI is InChI=1S/C31H23F6NO4/c1-42-29(41)26(16-18-2-4-19(5-3-18)20-6-11-23(12-7-20)30(32,33)34)38-28(40)25-17-22(10-15-27(25)39)21-8-13-24(14-9-21)31(35,36)37/h2-15,17,26,39H,16H2,1H3,(H,38,40)/t26-/m0/s1. The molecule has 4 aromatic rings. The van der Waals surface area contributed by atoms with Crippen molar-refractivity contribution in [3.8, 4) is 28.0 Å². The fourth-order valence-corrected chi connectivity index (χ4v) is 4.24. The summed E-state index contributed by atoms with van der Waals surface area (Å²) < 4.78 is 82.1. The predicted molar refractivity (Wildman–Crippen MR) is 142 cm³/mol. The zero-order chi connectivity index (χ0) is 30.7. The number of ether oxygens (including phenoxy) is 1. The molecule has 1 amide bonds. The number of amides is 1. The maximum Gasteiger partial charge on any atom is 0.416 e. The second kappa shape index (κ2) is 12.0. The minimum absolute atomic E-state index is 0.00887. The third-order valence-electron chi connectivity index (χ3n) is 6.52. The summed E-state index contributed by atoms with van der Waals surface area (Å²) in [5.41, 5.74) is 0.705. The van der Waals surface area contributed by atoms with Crippen LogP contribution < -0.4 is 5.32 Å². The van der Waals surface area contributed by atoms with E-state index in [0.29, 0.717) is 27.8 Å². The number of halogens is 6. The largest absolute Gasteiger partial charge is 0.507 e. The zero-order valence-electron chi connectivity index (χ0n) is 21.9. The molecule has 4 aromatic carbocycles. The monoisotopic (exact) mass is 587 g/mol. The van der Waals surface area contributed by atoms with Crippen LogP contribution >= 0.6 is 0 Å². The summed E-state index contributed by atoms with van der Waals surface area (Å²) >= 11 is 0. The highest BCUT2D eigenvalue weighted by Gasteiger charge is 2.31. The van der Waals surface area contributed by atoms with Gasteiger partial charge >= 0.3 is 18.3 Å². The molecule has 0 aliphatic rings. The Hall–Kier alpha value is -4.80. The molecule has 0 unspecified atom stereocenters. The summed E-state index contributed by atoms with van der Waals surface area (Å²) in [6.45, 7) is 0. The summed E-state index contributed by atoms with van der Waals surface area (Å²) in [5.74, 6) is -2.00. The van der Waals surface area contributed by atoms with Crippen LogP contribution in [0, 0.1) is 0 Å². The molecule has 5 nitrogen and oxygen atoms in total. The van der Waals surface area contributed by atoms with Crippen LogP contribution in [0.5, 0.6) is 5.75 Å². The molecular weight excluding hydrogens is 564 g/mol. The van der Waals surface area contributed by atoms with E-state index in [1.54, 1.807) is 24.3 Å². The first-order valence-electron chi connectivity index (χ1n) is 12.4. The number of methoxy groups -OCH3 is 1. The van der Waals surface area contributed by atoms with E-state index >= 15 is 0 Å². The van der Waals surface area contributed by atoms with Crippen molar-refractivity contribution in [1.29, 1.82) is 0 Å². The Morgan fingerprint density at radius 1 is 0.714 bits per heavy atom. The first kappa shape index (κ1) is 30.2. The van der Waals surface area contributed by atoms with E-state index in [4.69, 9.17) is 4.74 Å². The highest BCUT2D eigenvalue weighted by Crippen LogP contribution is 2.33. The lowest BCUT2D eigenvalue weighted by atomic mass is 9.99. The second-order valence-corrected chi connectivity index (χ2v) is 9.33. The number of carbonyl (C=O) groups is 2. The number of esters is 1. The van der Waals surface area contributed by atoms with Gasteiger partial charge in [-0.3, -0.25) is 4.79 Å². The van der Waals surface area contributed by atoms with Gasteiger partial charge in [0.2, 0.25) is 0 Å². The van der Waals surface area contributed by atoms with E-state index in [0.717, 1.165) is 31.4 Å². The summed E-state index contributed by atoms with van der Waals surface area (Å²) in [7, 11) is 1.14. The highest BCUT2D eigenvalue weighted by molar-refractivity contribution is 6.00. The topological polar surface area (TPSA) is 75.6 Å². The number of rotatable bonds is 7. The molecular formula is C31H23F6NO4. The minimum Gasteiger partial charge on any atom is -0.507 e. The Morgan fingerprint density at radius 2 is 1.14 bits per heavy atom. The van der Waals surface area contributed by atoms with Crippen LogP contribution in [0.25, 0.3) is 22.3 Å². The summed E-state index contributed by atoms with van der Waals surface area (Å²) in [6.07, 6.45) is -8.97. The molecule has 1 atom stereocenters. The van der Waals surface area contributed by atoms with Gasteiger partial charge in [-0.25, -0.2) is 4.79 Å². The van der Waals surface area contributed by atoms with Crippen molar-refractivity contribution in [3.05, 3.63) is 113 Å². The van der Waals surface area contributed by atoms with E-state index in [9.17, 15) is 41.0 Å². The molecule has 0 heterocycles. The summed E-state index contributed by atoms with van der Waals surface area (Å²) in [4.78, 5) is 25.6. The number of alkyl halides is 6. The zero-order valence-corrected chi connectivity index (χ0v) is 21.9. The van der Waals surface area contributed by atoms with Crippen molar-refractivity contribution in [2.45, 2.75) is 24.8 Å². The quantitative estimate of drug-likeness (QED) is 0.176. The third-order valence-corrected chi connectivity index (χ3v) is 6.52. The second-order valence-electron chi connectivity index (χ2n) is 9.33. The van der Waals surface area contributed by atoms with E-state index in [1.165, 1.54) is 42.5 Å². The SMILES string of the molecule is COC(=O)[C@H](Cc1ccc(-c2ccc(C(F)(F)F)cc2)cc1)NC(=O)c1cc(-c2ccc(C(F)(F)F)cc2)ccc1O. The normalized spacial score (nSPS) is 12.5. The van der Waals surface area contributed by atoms with Crippen LogP contribution in [0.1, 0.15) is 27.0 Å². The maximum atomic E-state index is 13.1. The fraction of sp³-hybridized carbons (Fsp3) is 0.161. The van der Waals surface area contributed by atoms with Crippen LogP contribution in [-0.4, -0.2) is 30.1 Å². The van der Waals surface area contributed by atoms with Gasteiger partial charge in [0.15, 0.2) is 0 Å². The van der Waals surface area contributed by atoms with Gasteiger partial charge in [0, 0.05) is 6.42 Å². The third kappa shape index (κ3) is 7.09. The summed E-state index contributed by atoms with van der Waals surface area (Å²) in [6, 6.07) is 18.3. The van der Waals surface area contributed by atoms with Crippen LogP contribution in [0.3, 0.4) is 0 Å². The lowest BCUT2D eigenvalue weighted by Crippen LogP contribution is -2.43. The first-order chi connectivity index (χ1) is 19.8. The van der Waals surface area contributed by atoms with Gasteiger partial charge in [-0.1, -0.05) is 54.6 Å². The molecule has 0 bridgehead atoms. The van der Waals surface area contributed by atoms with Crippen molar-refractivity contribution in [1.82, 2.24) is 5.32 Å². The summed E-state index contributed by atoms with van der Waals surface area (Å²) in [5, 5.41) is 12.8. The average Bonchev–Trinajstić information content (AvgIpc) is 2.96. The first-order valence-corrected chi connectivity index (χ1v) is 12.4. The van der Waals surface area contributed by atoms with Crippen molar-refractivity contribution in [2.24, 2.45) is 0 Å². The molecule has 11 heteroatoms. The minimum atomic E-state index is -4.51. The molecule has 2 N–H and O–H groups in total. The number of hydrogen-bond donors (Lipinski definition) is 2. The number of carbonyl (C=O) groups excluding carboxylic acids is 2. The van der Waals surface area contributed by atoms with Crippen LogP contribution in [0.4, 0.5) is 26.3 Å². The molecule has 0 radical (unpaired) electrons. The van der Waals surface area contributed by atoms with Gasteiger partial charge in [-0.15, -0.1) is 0 Å². The Bertz CT molecular complexity index is 1560. The number of benzene rings is 4. The Balaban J connectivity index is 1.50. The van der Waals surface area contributed by atoms with E-state index in [2.05, 4.69) is 5.32 Å². The van der Waals surface area contributed by atoms with Gasteiger partial charge in [0.05, 0.1) is 23.8 Å². The molecule has 0 spiro atoms. The molecule has 218 valence electrons. The Kier molecular flexibility index (Phi) is 8.60. The molecule has 0 fully saturated rings. The predicted octanol–water partition coefficient (Wildman–Crippen LogP) is 7.28. The van der Waals surface area contributed by atoms with Gasteiger partial charge in [-0.05, 0) is 64.2 Å². The van der Waals surface area contributed by atoms with Crippen molar-refractivity contribution >= 4 is 11.9 Å². The van der Waals surface area contributed by atoms with Crippen molar-refractivity contribution < 1.29 is 45.8 Å². The van der Waals surface area contributed by atoms with Crippen LogP contribution in [0.2, 0.25) is 0 Å². The van der Waals surface area contributed by atoms with Gasteiger partial charge < -0.3 is 15.2 Å².